The molecular formula is C21H31N3O2. The van der Waals surface area contributed by atoms with Crippen LogP contribution in [0.5, 0.6) is 0 Å². The maximum Gasteiger partial charge on any atom is 0.251 e. The Kier molecular flexibility index (Phi) is 5.97. The van der Waals surface area contributed by atoms with E-state index in [1.54, 1.807) is 24.3 Å². The number of carbonyl (C=O) groups excluding carboxylic acids is 2. The number of benzene rings is 1. The van der Waals surface area contributed by atoms with Gasteiger partial charge in [0.25, 0.3) is 5.91 Å². The van der Waals surface area contributed by atoms with Crippen LogP contribution >= 0.6 is 0 Å². The number of rotatable bonds is 6. The van der Waals surface area contributed by atoms with Crippen molar-refractivity contribution in [1.29, 1.82) is 0 Å². The number of hydrogen-bond donors (Lipinski definition) is 2. The predicted octanol–water partition coefficient (Wildman–Crippen LogP) is 3.13. The maximum atomic E-state index is 12.4. The van der Waals surface area contributed by atoms with E-state index in [0.29, 0.717) is 24.1 Å². The minimum atomic E-state index is -0.0593. The Balaban J connectivity index is 1.45. The Bertz CT molecular complexity index is 635. The maximum absolute atomic E-state index is 12.4. The fourth-order valence-electron chi connectivity index (χ4n) is 3.57. The van der Waals surface area contributed by atoms with Gasteiger partial charge in [0.15, 0.2) is 0 Å². The Hall–Kier alpha value is -1.88. The Morgan fingerprint density at radius 3 is 2.35 bits per heavy atom. The van der Waals surface area contributed by atoms with Gasteiger partial charge in [0.2, 0.25) is 5.91 Å². The molecule has 1 saturated heterocycles. The zero-order valence-electron chi connectivity index (χ0n) is 16.1. The zero-order valence-corrected chi connectivity index (χ0v) is 16.1. The number of hydrogen-bond acceptors (Lipinski definition) is 3. The van der Waals surface area contributed by atoms with E-state index in [-0.39, 0.29) is 17.7 Å². The van der Waals surface area contributed by atoms with Gasteiger partial charge in [-0.2, -0.15) is 0 Å². The number of nitrogens with zero attached hydrogens (tertiary/aromatic N) is 1. The molecule has 1 aliphatic carbocycles. The quantitative estimate of drug-likeness (QED) is 0.822. The monoisotopic (exact) mass is 357 g/mol. The molecule has 3 atom stereocenters. The van der Waals surface area contributed by atoms with Crippen LogP contribution in [-0.4, -0.2) is 42.4 Å². The van der Waals surface area contributed by atoms with Crippen molar-refractivity contribution in [3.8, 4) is 0 Å². The largest absolute Gasteiger partial charge is 0.350 e. The lowest BCUT2D eigenvalue weighted by atomic mass is 9.98. The molecule has 2 aliphatic rings. The van der Waals surface area contributed by atoms with Crippen molar-refractivity contribution < 1.29 is 9.59 Å². The summed E-state index contributed by atoms with van der Waals surface area (Å²) in [7, 11) is 0. The Morgan fingerprint density at radius 1 is 1.15 bits per heavy atom. The van der Waals surface area contributed by atoms with Crippen molar-refractivity contribution in [2.75, 3.05) is 25.0 Å². The fraction of sp³-hybridized carbons (Fsp3) is 0.619. The molecule has 3 rings (SSSR count). The topological polar surface area (TPSA) is 61.4 Å². The van der Waals surface area contributed by atoms with Gasteiger partial charge in [-0.3, -0.25) is 14.5 Å². The van der Waals surface area contributed by atoms with E-state index in [1.165, 1.54) is 12.8 Å². The van der Waals surface area contributed by atoms with Crippen molar-refractivity contribution in [3.05, 3.63) is 29.8 Å². The van der Waals surface area contributed by atoms with Gasteiger partial charge in [-0.25, -0.2) is 0 Å². The third-order valence-corrected chi connectivity index (χ3v) is 5.86. The summed E-state index contributed by atoms with van der Waals surface area (Å²) in [6, 6.07) is 7.50. The molecule has 5 heteroatoms. The highest BCUT2D eigenvalue weighted by Gasteiger charge is 2.39. The van der Waals surface area contributed by atoms with Crippen LogP contribution in [0.4, 0.5) is 5.69 Å². The van der Waals surface area contributed by atoms with E-state index < -0.39 is 0 Å². The summed E-state index contributed by atoms with van der Waals surface area (Å²) in [4.78, 5) is 26.8. The molecule has 1 aromatic rings. The van der Waals surface area contributed by atoms with E-state index >= 15 is 0 Å². The first-order valence-electron chi connectivity index (χ1n) is 9.87. The molecule has 0 aromatic heterocycles. The molecule has 0 radical (unpaired) electrons. The summed E-state index contributed by atoms with van der Waals surface area (Å²) in [6.45, 7) is 9.46. The van der Waals surface area contributed by atoms with Crippen LogP contribution < -0.4 is 10.6 Å². The Morgan fingerprint density at radius 2 is 1.77 bits per heavy atom. The zero-order chi connectivity index (χ0) is 18.7. The van der Waals surface area contributed by atoms with Crippen molar-refractivity contribution in [3.63, 3.8) is 0 Å². The number of amides is 2. The summed E-state index contributed by atoms with van der Waals surface area (Å²) < 4.78 is 0. The minimum absolute atomic E-state index is 0.0593. The standard InChI is InChI=1S/C21H31N3O2/c1-14-8-10-24(11-9-14)16(3)13-22-20(25)17-4-6-18(7-5-17)23-21(26)19-12-15(19)2/h4-7,14-16,19H,8-13H2,1-3H3,(H,22,25)(H,23,26). The normalized spacial score (nSPS) is 24.7. The number of anilines is 1. The van der Waals surface area contributed by atoms with Crippen LogP contribution in [0.25, 0.3) is 0 Å². The molecule has 1 aliphatic heterocycles. The second kappa shape index (κ2) is 8.21. The molecule has 5 nitrogen and oxygen atoms in total. The number of piperidine rings is 1. The first kappa shape index (κ1) is 18.9. The minimum Gasteiger partial charge on any atom is -0.350 e. The van der Waals surface area contributed by atoms with E-state index in [9.17, 15) is 9.59 Å². The molecule has 0 bridgehead atoms. The molecule has 142 valence electrons. The fourth-order valence-corrected chi connectivity index (χ4v) is 3.57. The lowest BCUT2D eigenvalue weighted by Gasteiger charge is -2.35. The number of carbonyl (C=O) groups is 2. The number of likely N-dealkylation sites (tertiary alicyclic amines) is 1. The molecular weight excluding hydrogens is 326 g/mol. The third kappa shape index (κ3) is 4.85. The van der Waals surface area contributed by atoms with Crippen LogP contribution in [0.1, 0.15) is 50.4 Å². The van der Waals surface area contributed by atoms with E-state index in [1.807, 2.05) is 0 Å². The van der Waals surface area contributed by atoms with E-state index in [0.717, 1.165) is 31.1 Å². The first-order valence-corrected chi connectivity index (χ1v) is 9.87. The summed E-state index contributed by atoms with van der Waals surface area (Å²) in [5.74, 6) is 1.48. The van der Waals surface area contributed by atoms with Gasteiger partial charge in [0.05, 0.1) is 0 Å². The van der Waals surface area contributed by atoms with Gasteiger partial charge in [0.1, 0.15) is 0 Å². The SMILES string of the molecule is CC1CCN(C(C)CNC(=O)c2ccc(NC(=O)C3CC3C)cc2)CC1. The van der Waals surface area contributed by atoms with Gasteiger partial charge < -0.3 is 10.6 Å². The highest BCUT2D eigenvalue weighted by atomic mass is 16.2. The average Bonchev–Trinajstić information content (AvgIpc) is 3.37. The van der Waals surface area contributed by atoms with Gasteiger partial charge in [-0.05, 0) is 75.4 Å². The molecule has 0 spiro atoms. The predicted molar refractivity (Wildman–Crippen MR) is 104 cm³/mol. The van der Waals surface area contributed by atoms with Crippen LogP contribution in [0, 0.1) is 17.8 Å². The molecule has 26 heavy (non-hydrogen) atoms. The van der Waals surface area contributed by atoms with Gasteiger partial charge in [0, 0.05) is 29.8 Å². The van der Waals surface area contributed by atoms with Crippen LogP contribution in [0.2, 0.25) is 0 Å². The molecule has 2 N–H and O–H groups in total. The summed E-state index contributed by atoms with van der Waals surface area (Å²) in [5.41, 5.74) is 1.38. The van der Waals surface area contributed by atoms with E-state index in [4.69, 9.17) is 0 Å². The molecule has 2 fully saturated rings. The van der Waals surface area contributed by atoms with Crippen LogP contribution in [0.3, 0.4) is 0 Å². The summed E-state index contributed by atoms with van der Waals surface area (Å²) in [5, 5.41) is 5.95. The van der Waals surface area contributed by atoms with Gasteiger partial charge in [-0.1, -0.05) is 13.8 Å². The summed E-state index contributed by atoms with van der Waals surface area (Å²) >= 11 is 0. The Labute approximate surface area is 156 Å². The highest BCUT2D eigenvalue weighted by molar-refractivity contribution is 5.96. The van der Waals surface area contributed by atoms with Crippen LogP contribution in [-0.2, 0) is 4.79 Å². The molecule has 1 heterocycles. The highest BCUT2D eigenvalue weighted by Crippen LogP contribution is 2.38. The molecule has 1 saturated carbocycles. The average molecular weight is 357 g/mol. The van der Waals surface area contributed by atoms with Crippen LogP contribution in [0.15, 0.2) is 24.3 Å². The second-order valence-corrected chi connectivity index (χ2v) is 8.16. The molecule has 2 amide bonds. The lowest BCUT2D eigenvalue weighted by molar-refractivity contribution is -0.117. The molecule has 1 aromatic carbocycles. The second-order valence-electron chi connectivity index (χ2n) is 8.16. The van der Waals surface area contributed by atoms with Crippen molar-refractivity contribution >= 4 is 17.5 Å². The van der Waals surface area contributed by atoms with Gasteiger partial charge in [-0.15, -0.1) is 0 Å². The van der Waals surface area contributed by atoms with E-state index in [2.05, 4.69) is 36.3 Å². The lowest BCUT2D eigenvalue weighted by Crippen LogP contribution is -2.45. The summed E-state index contributed by atoms with van der Waals surface area (Å²) in [6.07, 6.45) is 3.46. The van der Waals surface area contributed by atoms with Gasteiger partial charge >= 0.3 is 0 Å². The third-order valence-electron chi connectivity index (χ3n) is 5.86. The molecule has 3 unspecified atom stereocenters. The van der Waals surface area contributed by atoms with Crippen molar-refractivity contribution in [2.24, 2.45) is 17.8 Å². The van der Waals surface area contributed by atoms with Crippen molar-refractivity contribution in [2.45, 2.75) is 46.1 Å². The number of nitrogens with one attached hydrogen (secondary N) is 2. The van der Waals surface area contributed by atoms with Crippen molar-refractivity contribution in [1.82, 2.24) is 10.2 Å². The smallest absolute Gasteiger partial charge is 0.251 e. The first-order chi connectivity index (χ1) is 12.4.